The number of rotatable bonds is 6. The first-order chi connectivity index (χ1) is 15.6. The highest BCUT2D eigenvalue weighted by atomic mass is 32.1. The molecule has 1 atom stereocenters. The second-order valence-electron chi connectivity index (χ2n) is 9.07. The Hall–Kier alpha value is -3.46. The van der Waals surface area contributed by atoms with Crippen LogP contribution in [0, 0.1) is 12.3 Å². The van der Waals surface area contributed by atoms with Gasteiger partial charge in [0.05, 0.1) is 33.8 Å². The number of thiophene rings is 1. The van der Waals surface area contributed by atoms with Gasteiger partial charge < -0.3 is 20.0 Å². The second kappa shape index (κ2) is 8.82. The molecule has 8 nitrogen and oxygen atoms in total. The number of hydrogen-bond donors (Lipinski definition) is 3. The van der Waals surface area contributed by atoms with Crippen molar-refractivity contribution in [3.63, 3.8) is 0 Å². The Labute approximate surface area is 195 Å². The van der Waals surface area contributed by atoms with Gasteiger partial charge in [0, 0.05) is 12.2 Å². The van der Waals surface area contributed by atoms with E-state index in [-0.39, 0.29) is 23.3 Å². The summed E-state index contributed by atoms with van der Waals surface area (Å²) in [5.74, 6) is 1.12. The number of hydrogen-bond acceptors (Lipinski definition) is 6. The first-order valence-electron chi connectivity index (χ1n) is 10.7. The number of aryl methyl sites for hydroxylation is 1. The van der Waals surface area contributed by atoms with Crippen molar-refractivity contribution in [1.82, 2.24) is 25.6 Å². The number of nitrogens with zero attached hydrogens (tertiary/aromatic N) is 2. The normalized spacial score (nSPS) is 12.6. The molecule has 0 radical (unpaired) electrons. The van der Waals surface area contributed by atoms with E-state index in [9.17, 15) is 9.59 Å². The van der Waals surface area contributed by atoms with Crippen LogP contribution < -0.4 is 10.6 Å². The van der Waals surface area contributed by atoms with Gasteiger partial charge in [-0.05, 0) is 43.5 Å². The number of nitrogens with one attached hydrogen (secondary N) is 3. The summed E-state index contributed by atoms with van der Waals surface area (Å²) in [6.45, 7) is 10.4. The molecule has 2 amide bonds. The Morgan fingerprint density at radius 2 is 1.97 bits per heavy atom. The number of carbonyl (C=O) groups excluding carboxylic acids is 2. The molecular weight excluding hydrogens is 438 g/mol. The predicted molar refractivity (Wildman–Crippen MR) is 128 cm³/mol. The van der Waals surface area contributed by atoms with E-state index in [0.29, 0.717) is 39.6 Å². The molecule has 4 heterocycles. The van der Waals surface area contributed by atoms with Crippen LogP contribution in [0.2, 0.25) is 0 Å². The molecule has 0 fully saturated rings. The monoisotopic (exact) mass is 465 g/mol. The topological polar surface area (TPSA) is 113 Å². The highest BCUT2D eigenvalue weighted by molar-refractivity contribution is 7.17. The average Bonchev–Trinajstić information content (AvgIpc) is 3.50. The molecule has 0 unspecified atom stereocenters. The molecule has 3 N–H and O–H groups in total. The quantitative estimate of drug-likeness (QED) is 0.383. The lowest BCUT2D eigenvalue weighted by Crippen LogP contribution is -2.41. The molecule has 0 saturated heterocycles. The van der Waals surface area contributed by atoms with Crippen LogP contribution in [0.1, 0.15) is 59.2 Å². The van der Waals surface area contributed by atoms with Crippen LogP contribution in [0.3, 0.4) is 0 Å². The minimum Gasteiger partial charge on any atom is -0.465 e. The van der Waals surface area contributed by atoms with Crippen molar-refractivity contribution in [1.29, 1.82) is 0 Å². The highest BCUT2D eigenvalue weighted by Crippen LogP contribution is 2.28. The summed E-state index contributed by atoms with van der Waals surface area (Å²) in [7, 11) is 0. The van der Waals surface area contributed by atoms with Crippen molar-refractivity contribution in [3.05, 3.63) is 58.6 Å². The number of furan rings is 1. The average molecular weight is 466 g/mol. The van der Waals surface area contributed by atoms with E-state index in [0.717, 1.165) is 10.6 Å². The van der Waals surface area contributed by atoms with Gasteiger partial charge in [-0.2, -0.15) is 0 Å². The van der Waals surface area contributed by atoms with Crippen molar-refractivity contribution in [2.45, 2.75) is 47.2 Å². The van der Waals surface area contributed by atoms with E-state index >= 15 is 0 Å². The van der Waals surface area contributed by atoms with E-state index in [1.165, 1.54) is 11.3 Å². The number of H-pyrrole nitrogens is 1. The van der Waals surface area contributed by atoms with Crippen LogP contribution in [-0.2, 0) is 6.54 Å². The number of carbonyl (C=O) groups is 2. The fraction of sp³-hybridized carbons (Fsp3) is 0.333. The fourth-order valence-corrected chi connectivity index (χ4v) is 3.98. The number of amides is 2. The maximum Gasteiger partial charge on any atom is 0.261 e. The van der Waals surface area contributed by atoms with Crippen LogP contribution in [0.25, 0.3) is 21.7 Å². The van der Waals surface area contributed by atoms with Gasteiger partial charge in [0.2, 0.25) is 0 Å². The van der Waals surface area contributed by atoms with Crippen molar-refractivity contribution in [3.8, 4) is 10.6 Å². The maximum absolute atomic E-state index is 12.9. The minimum atomic E-state index is -0.200. The molecule has 4 aromatic heterocycles. The highest BCUT2D eigenvalue weighted by Gasteiger charge is 2.24. The molecule has 0 aliphatic rings. The third-order valence-electron chi connectivity index (χ3n) is 5.57. The van der Waals surface area contributed by atoms with Gasteiger partial charge in [-0.15, -0.1) is 11.3 Å². The van der Waals surface area contributed by atoms with Gasteiger partial charge in [-0.3, -0.25) is 9.59 Å². The fourth-order valence-electron chi connectivity index (χ4n) is 3.11. The zero-order chi connectivity index (χ0) is 23.8. The SMILES string of the molecule is Cc1ccc(CNC(=O)c2ccc(-c3cnc4[nH]cc(C(=O)N[C@@H](C)C(C)(C)C)c4n3)s2)o1. The Morgan fingerprint density at radius 3 is 2.67 bits per heavy atom. The zero-order valence-electron chi connectivity index (χ0n) is 19.3. The second-order valence-corrected chi connectivity index (χ2v) is 10.2. The van der Waals surface area contributed by atoms with E-state index in [1.54, 1.807) is 18.5 Å². The first-order valence-corrected chi connectivity index (χ1v) is 11.5. The molecule has 0 saturated carbocycles. The van der Waals surface area contributed by atoms with Gasteiger partial charge in [-0.1, -0.05) is 20.8 Å². The predicted octanol–water partition coefficient (Wildman–Crippen LogP) is 4.68. The summed E-state index contributed by atoms with van der Waals surface area (Å²) in [4.78, 5) is 38.8. The third-order valence-corrected chi connectivity index (χ3v) is 6.68. The summed E-state index contributed by atoms with van der Waals surface area (Å²) >= 11 is 1.32. The van der Waals surface area contributed by atoms with Crippen molar-refractivity contribution in [2.75, 3.05) is 0 Å². The molecule has 0 bridgehead atoms. The van der Waals surface area contributed by atoms with Gasteiger partial charge in [0.15, 0.2) is 5.65 Å². The summed E-state index contributed by atoms with van der Waals surface area (Å²) < 4.78 is 5.49. The van der Waals surface area contributed by atoms with Gasteiger partial charge in [0.1, 0.15) is 17.0 Å². The molecule has 0 aromatic carbocycles. The maximum atomic E-state index is 12.9. The number of aromatic amines is 1. The van der Waals surface area contributed by atoms with E-state index in [2.05, 4.69) is 46.4 Å². The van der Waals surface area contributed by atoms with Crippen LogP contribution in [0.4, 0.5) is 0 Å². The van der Waals surface area contributed by atoms with E-state index in [1.807, 2.05) is 32.0 Å². The molecular formula is C24H27N5O3S. The number of fused-ring (bicyclic) bond motifs is 1. The largest absolute Gasteiger partial charge is 0.465 e. The molecule has 0 spiro atoms. The molecule has 0 aliphatic heterocycles. The molecule has 4 rings (SSSR count). The van der Waals surface area contributed by atoms with Crippen LogP contribution in [-0.4, -0.2) is 32.8 Å². The van der Waals surface area contributed by atoms with Gasteiger partial charge in [0.25, 0.3) is 11.8 Å². The Balaban J connectivity index is 1.52. The molecule has 0 aliphatic carbocycles. The summed E-state index contributed by atoms with van der Waals surface area (Å²) in [6.07, 6.45) is 3.26. The summed E-state index contributed by atoms with van der Waals surface area (Å²) in [5.41, 5.74) is 2.02. The van der Waals surface area contributed by atoms with Gasteiger partial charge >= 0.3 is 0 Å². The summed E-state index contributed by atoms with van der Waals surface area (Å²) in [6, 6.07) is 7.27. The lowest BCUT2D eigenvalue weighted by atomic mass is 9.88. The lowest BCUT2D eigenvalue weighted by molar-refractivity contribution is 0.0910. The van der Waals surface area contributed by atoms with Crippen LogP contribution in [0.15, 0.2) is 41.1 Å². The zero-order valence-corrected chi connectivity index (χ0v) is 20.1. The van der Waals surface area contributed by atoms with Crippen LogP contribution in [0.5, 0.6) is 0 Å². The van der Waals surface area contributed by atoms with Crippen molar-refractivity contribution in [2.24, 2.45) is 5.41 Å². The standard InChI is InChI=1S/C24H27N5O3S/c1-13-6-7-15(32-13)10-27-23(31)19-9-8-18(33-19)17-12-26-21-20(29-17)16(11-25-21)22(30)28-14(2)24(3,4)5/h6-9,11-12,14H,10H2,1-5H3,(H,25,26)(H,27,31)(H,28,30)/t14-/m0/s1. The van der Waals surface area contributed by atoms with Crippen LogP contribution >= 0.6 is 11.3 Å². The lowest BCUT2D eigenvalue weighted by Gasteiger charge is -2.27. The molecule has 4 aromatic rings. The van der Waals surface area contributed by atoms with Crippen molar-refractivity contribution >= 4 is 34.3 Å². The molecule has 172 valence electrons. The smallest absolute Gasteiger partial charge is 0.261 e. The summed E-state index contributed by atoms with van der Waals surface area (Å²) in [5, 5.41) is 5.89. The van der Waals surface area contributed by atoms with E-state index < -0.39 is 0 Å². The van der Waals surface area contributed by atoms with Crippen molar-refractivity contribution < 1.29 is 14.0 Å². The van der Waals surface area contributed by atoms with E-state index in [4.69, 9.17) is 4.42 Å². The Kier molecular flexibility index (Phi) is 6.07. The Morgan fingerprint density at radius 1 is 1.18 bits per heavy atom. The number of aromatic nitrogens is 3. The minimum absolute atomic E-state index is 0.0189. The molecule has 33 heavy (non-hydrogen) atoms. The van der Waals surface area contributed by atoms with Gasteiger partial charge in [-0.25, -0.2) is 9.97 Å². The third kappa shape index (κ3) is 4.98. The first kappa shape index (κ1) is 22.7. The Bertz CT molecular complexity index is 1310. The molecule has 9 heteroatoms.